The molecule has 0 fully saturated rings. The maximum Gasteiger partial charge on any atom is 0.161 e. The van der Waals surface area contributed by atoms with E-state index in [1.54, 1.807) is 20.3 Å². The number of anilines is 2. The molecule has 0 unspecified atom stereocenters. The molecular formula is C14H18N4O2. The molecule has 0 aliphatic heterocycles. The summed E-state index contributed by atoms with van der Waals surface area (Å²) in [4.78, 5) is 4.28. The van der Waals surface area contributed by atoms with Crippen molar-refractivity contribution in [2.75, 3.05) is 25.0 Å². The molecule has 0 radical (unpaired) electrons. The number of rotatable bonds is 6. The molecule has 0 amide bonds. The molecule has 2 rings (SSSR count). The van der Waals surface area contributed by atoms with Gasteiger partial charge in [0.05, 0.1) is 14.2 Å². The number of hydrogen-bond acceptors (Lipinski definition) is 6. The topological polar surface area (TPSA) is 81.4 Å². The maximum atomic E-state index is 5.33. The van der Waals surface area contributed by atoms with Crippen LogP contribution in [0.25, 0.3) is 0 Å². The van der Waals surface area contributed by atoms with Gasteiger partial charge in [0.2, 0.25) is 0 Å². The summed E-state index contributed by atoms with van der Waals surface area (Å²) in [7, 11) is 3.23. The molecule has 20 heavy (non-hydrogen) atoms. The van der Waals surface area contributed by atoms with Crippen LogP contribution < -0.4 is 26.1 Å². The first kappa shape index (κ1) is 14.0. The molecule has 6 nitrogen and oxygen atoms in total. The summed E-state index contributed by atoms with van der Waals surface area (Å²) in [5, 5.41) is 3.22. The summed E-state index contributed by atoms with van der Waals surface area (Å²) in [6.45, 7) is 0.626. The first-order valence-electron chi connectivity index (χ1n) is 6.15. The highest BCUT2D eigenvalue weighted by molar-refractivity contribution is 5.46. The number of aromatic nitrogens is 1. The zero-order chi connectivity index (χ0) is 14.4. The smallest absolute Gasteiger partial charge is 0.161 e. The molecule has 0 atom stereocenters. The number of methoxy groups -OCH3 is 2. The molecule has 106 valence electrons. The van der Waals surface area contributed by atoms with E-state index in [4.69, 9.17) is 15.3 Å². The molecule has 0 bridgehead atoms. The minimum atomic E-state index is 0.613. The first-order chi connectivity index (χ1) is 9.76. The van der Waals surface area contributed by atoms with Gasteiger partial charge >= 0.3 is 0 Å². The van der Waals surface area contributed by atoms with Gasteiger partial charge in [-0.2, -0.15) is 0 Å². The van der Waals surface area contributed by atoms with Gasteiger partial charge in [0, 0.05) is 6.54 Å². The highest BCUT2D eigenvalue weighted by atomic mass is 16.5. The average Bonchev–Trinajstić information content (AvgIpc) is 2.52. The van der Waals surface area contributed by atoms with Gasteiger partial charge in [-0.15, -0.1) is 0 Å². The minimum absolute atomic E-state index is 0.613. The Bertz CT molecular complexity index is 575. The number of benzene rings is 1. The number of nitrogen functional groups attached to an aromatic ring is 1. The molecule has 1 heterocycles. The SMILES string of the molecule is COc1ccc(CNc2cccc(NN)n2)cc1OC. The molecular weight excluding hydrogens is 256 g/mol. The van der Waals surface area contributed by atoms with Gasteiger partial charge in [0.15, 0.2) is 11.5 Å². The fraction of sp³-hybridized carbons (Fsp3) is 0.214. The fourth-order valence-electron chi connectivity index (χ4n) is 1.80. The van der Waals surface area contributed by atoms with Crippen molar-refractivity contribution in [1.29, 1.82) is 0 Å². The number of hydrazine groups is 1. The second kappa shape index (κ2) is 6.63. The van der Waals surface area contributed by atoms with Crippen LogP contribution in [-0.2, 0) is 6.54 Å². The maximum absolute atomic E-state index is 5.33. The van der Waals surface area contributed by atoms with Crippen LogP contribution in [0, 0.1) is 0 Å². The Morgan fingerprint density at radius 2 is 1.80 bits per heavy atom. The van der Waals surface area contributed by atoms with E-state index in [9.17, 15) is 0 Å². The van der Waals surface area contributed by atoms with E-state index < -0.39 is 0 Å². The molecule has 0 saturated carbocycles. The van der Waals surface area contributed by atoms with Crippen LogP contribution in [0.2, 0.25) is 0 Å². The molecule has 4 N–H and O–H groups in total. The molecule has 0 saturated heterocycles. The van der Waals surface area contributed by atoms with Crippen molar-refractivity contribution in [2.24, 2.45) is 5.84 Å². The van der Waals surface area contributed by atoms with Crippen LogP contribution in [0.3, 0.4) is 0 Å². The average molecular weight is 274 g/mol. The van der Waals surface area contributed by atoms with E-state index in [0.717, 1.165) is 11.4 Å². The Hall–Kier alpha value is -2.47. The monoisotopic (exact) mass is 274 g/mol. The minimum Gasteiger partial charge on any atom is -0.493 e. The number of hydrogen-bond donors (Lipinski definition) is 3. The van der Waals surface area contributed by atoms with Crippen molar-refractivity contribution < 1.29 is 9.47 Å². The highest BCUT2D eigenvalue weighted by Crippen LogP contribution is 2.27. The van der Waals surface area contributed by atoms with E-state index in [2.05, 4.69) is 15.7 Å². The summed E-state index contributed by atoms with van der Waals surface area (Å²) >= 11 is 0. The van der Waals surface area contributed by atoms with Crippen LogP contribution >= 0.6 is 0 Å². The standard InChI is InChI=1S/C14H18N4O2/c1-19-11-7-6-10(8-12(11)20-2)9-16-13-4-3-5-14(17-13)18-15/h3-8H,9,15H2,1-2H3,(H2,16,17,18). The third-order valence-electron chi connectivity index (χ3n) is 2.82. The zero-order valence-electron chi connectivity index (χ0n) is 11.5. The number of pyridine rings is 1. The number of nitrogens with one attached hydrogen (secondary N) is 2. The Labute approximate surface area is 117 Å². The van der Waals surface area contributed by atoms with Crippen molar-refractivity contribution in [2.45, 2.75) is 6.54 Å². The molecule has 2 aromatic rings. The summed E-state index contributed by atoms with van der Waals surface area (Å²) < 4.78 is 10.5. The predicted molar refractivity (Wildman–Crippen MR) is 78.9 cm³/mol. The van der Waals surface area contributed by atoms with E-state index in [0.29, 0.717) is 23.9 Å². The summed E-state index contributed by atoms with van der Waals surface area (Å²) in [6.07, 6.45) is 0. The molecule has 0 aliphatic rings. The third kappa shape index (κ3) is 3.30. The Morgan fingerprint density at radius 3 is 2.50 bits per heavy atom. The summed E-state index contributed by atoms with van der Waals surface area (Å²) in [5.74, 6) is 8.10. The van der Waals surface area contributed by atoms with Crippen molar-refractivity contribution in [3.8, 4) is 11.5 Å². The van der Waals surface area contributed by atoms with Gasteiger partial charge in [-0.1, -0.05) is 12.1 Å². The lowest BCUT2D eigenvalue weighted by Crippen LogP contribution is -2.09. The van der Waals surface area contributed by atoms with Crippen LogP contribution in [-0.4, -0.2) is 19.2 Å². The second-order valence-corrected chi connectivity index (χ2v) is 4.10. The zero-order valence-corrected chi connectivity index (χ0v) is 11.5. The highest BCUT2D eigenvalue weighted by Gasteiger charge is 2.04. The van der Waals surface area contributed by atoms with Crippen molar-refractivity contribution >= 4 is 11.6 Å². The van der Waals surface area contributed by atoms with E-state index in [1.165, 1.54) is 0 Å². The van der Waals surface area contributed by atoms with Gasteiger partial charge in [-0.25, -0.2) is 10.8 Å². The summed E-state index contributed by atoms with van der Waals surface area (Å²) in [6, 6.07) is 11.3. The van der Waals surface area contributed by atoms with Crippen LogP contribution in [0.5, 0.6) is 11.5 Å². The third-order valence-corrected chi connectivity index (χ3v) is 2.82. The number of nitrogens with zero attached hydrogens (tertiary/aromatic N) is 1. The first-order valence-corrected chi connectivity index (χ1v) is 6.15. The fourth-order valence-corrected chi connectivity index (χ4v) is 1.80. The van der Waals surface area contributed by atoms with Crippen LogP contribution in [0.4, 0.5) is 11.6 Å². The number of ether oxygens (including phenoxy) is 2. The lowest BCUT2D eigenvalue weighted by molar-refractivity contribution is 0.354. The van der Waals surface area contributed by atoms with Crippen molar-refractivity contribution in [1.82, 2.24) is 4.98 Å². The Balaban J connectivity index is 2.06. The van der Waals surface area contributed by atoms with Gasteiger partial charge in [0.25, 0.3) is 0 Å². The van der Waals surface area contributed by atoms with Crippen LogP contribution in [0.15, 0.2) is 36.4 Å². The van der Waals surface area contributed by atoms with Crippen molar-refractivity contribution in [3.05, 3.63) is 42.0 Å². The van der Waals surface area contributed by atoms with Gasteiger partial charge in [-0.05, 0) is 29.8 Å². The molecule has 1 aromatic heterocycles. The lowest BCUT2D eigenvalue weighted by Gasteiger charge is -2.11. The van der Waals surface area contributed by atoms with Crippen LogP contribution in [0.1, 0.15) is 5.56 Å². The van der Waals surface area contributed by atoms with Gasteiger partial charge < -0.3 is 20.2 Å². The largest absolute Gasteiger partial charge is 0.493 e. The Kier molecular flexibility index (Phi) is 4.62. The molecule has 6 heteroatoms. The summed E-state index contributed by atoms with van der Waals surface area (Å²) in [5.41, 5.74) is 3.58. The normalized spacial score (nSPS) is 9.95. The van der Waals surface area contributed by atoms with Gasteiger partial charge in [-0.3, -0.25) is 0 Å². The quantitative estimate of drug-likeness (QED) is 0.552. The second-order valence-electron chi connectivity index (χ2n) is 4.10. The van der Waals surface area contributed by atoms with Crippen molar-refractivity contribution in [3.63, 3.8) is 0 Å². The molecule has 1 aromatic carbocycles. The Morgan fingerprint density at radius 1 is 1.05 bits per heavy atom. The van der Waals surface area contributed by atoms with E-state index in [1.807, 2.05) is 30.3 Å². The van der Waals surface area contributed by atoms with E-state index in [-0.39, 0.29) is 0 Å². The van der Waals surface area contributed by atoms with Gasteiger partial charge in [0.1, 0.15) is 11.6 Å². The molecule has 0 aliphatic carbocycles. The molecule has 0 spiro atoms. The predicted octanol–water partition coefficient (Wildman–Crippen LogP) is 2.00. The van der Waals surface area contributed by atoms with E-state index >= 15 is 0 Å². The number of nitrogens with two attached hydrogens (primary N) is 1. The lowest BCUT2D eigenvalue weighted by atomic mass is 10.2.